The number of aromatic nitrogens is 1. The van der Waals surface area contributed by atoms with Crippen LogP contribution in [-0.2, 0) is 6.42 Å². The molecule has 0 spiro atoms. The number of thiophene rings is 1. The summed E-state index contributed by atoms with van der Waals surface area (Å²) in [6, 6.07) is 4.48. The largest absolute Gasteiger partial charge is 0.356 e. The molecular weight excluding hydrogens is 300 g/mol. The van der Waals surface area contributed by atoms with Crippen molar-refractivity contribution in [3.8, 4) is 0 Å². The zero-order chi connectivity index (χ0) is 15.2. The van der Waals surface area contributed by atoms with Gasteiger partial charge in [0.2, 0.25) is 0 Å². The van der Waals surface area contributed by atoms with E-state index in [0.29, 0.717) is 0 Å². The Balaban J connectivity index is 1.82. The molecule has 0 bridgehead atoms. The molecule has 2 aromatic rings. The van der Waals surface area contributed by atoms with Gasteiger partial charge in [0.05, 0.1) is 16.7 Å². The van der Waals surface area contributed by atoms with Crippen LogP contribution in [-0.4, -0.2) is 24.5 Å². The van der Waals surface area contributed by atoms with Crippen molar-refractivity contribution in [1.82, 2.24) is 15.6 Å². The number of hydrogen-bond donors (Lipinski definition) is 2. The Kier molecular flexibility index (Phi) is 5.76. The van der Waals surface area contributed by atoms with Crippen LogP contribution in [0.3, 0.4) is 0 Å². The summed E-state index contributed by atoms with van der Waals surface area (Å²) < 4.78 is 0. The van der Waals surface area contributed by atoms with Crippen molar-refractivity contribution in [2.75, 3.05) is 13.6 Å². The Bertz CT molecular complexity index is 587. The van der Waals surface area contributed by atoms with E-state index in [2.05, 4.69) is 58.9 Å². The number of hydrogen-bond acceptors (Lipinski definition) is 4. The van der Waals surface area contributed by atoms with Crippen molar-refractivity contribution in [3.05, 3.63) is 38.0 Å². The van der Waals surface area contributed by atoms with Crippen LogP contribution in [0.25, 0.3) is 0 Å². The van der Waals surface area contributed by atoms with E-state index < -0.39 is 0 Å². The molecule has 0 radical (unpaired) electrons. The maximum absolute atomic E-state index is 4.46. The van der Waals surface area contributed by atoms with Crippen LogP contribution in [0.15, 0.2) is 22.5 Å². The molecule has 0 aliphatic carbocycles. The van der Waals surface area contributed by atoms with Crippen molar-refractivity contribution in [3.63, 3.8) is 0 Å². The van der Waals surface area contributed by atoms with E-state index in [1.54, 1.807) is 29.7 Å². The predicted molar refractivity (Wildman–Crippen MR) is 92.5 cm³/mol. The summed E-state index contributed by atoms with van der Waals surface area (Å²) in [6.07, 6.45) is 0.978. The predicted octanol–water partition coefficient (Wildman–Crippen LogP) is 3.29. The Morgan fingerprint density at radius 1 is 1.43 bits per heavy atom. The van der Waals surface area contributed by atoms with Crippen molar-refractivity contribution >= 4 is 28.6 Å². The summed E-state index contributed by atoms with van der Waals surface area (Å²) in [5.74, 6) is 0.842. The van der Waals surface area contributed by atoms with Gasteiger partial charge in [-0.25, -0.2) is 4.98 Å². The van der Waals surface area contributed by atoms with Crippen molar-refractivity contribution in [1.29, 1.82) is 0 Å². The fraction of sp³-hybridized carbons (Fsp3) is 0.467. The van der Waals surface area contributed by atoms with Crippen molar-refractivity contribution < 1.29 is 0 Å². The van der Waals surface area contributed by atoms with Crippen LogP contribution in [0.4, 0.5) is 0 Å². The molecule has 0 aliphatic heterocycles. The molecule has 2 aromatic heterocycles. The van der Waals surface area contributed by atoms with Crippen LogP contribution in [0.5, 0.6) is 0 Å². The third-order valence-electron chi connectivity index (χ3n) is 3.19. The Hall–Kier alpha value is -1.40. The lowest BCUT2D eigenvalue weighted by molar-refractivity contribution is 0.695. The number of thiazole rings is 1. The summed E-state index contributed by atoms with van der Waals surface area (Å²) in [6.45, 7) is 7.14. The quantitative estimate of drug-likeness (QED) is 0.656. The number of nitrogens with zero attached hydrogens (tertiary/aromatic N) is 2. The monoisotopic (exact) mass is 322 g/mol. The third-order valence-corrected chi connectivity index (χ3v) is 5.38. The highest BCUT2D eigenvalue weighted by atomic mass is 32.1. The first kappa shape index (κ1) is 16.0. The van der Waals surface area contributed by atoms with Gasteiger partial charge >= 0.3 is 0 Å². The SMILES string of the molecule is CN=C(NCCc1sc(C)nc1C)NC(C)c1cccs1. The third kappa shape index (κ3) is 4.54. The molecule has 0 aromatic carbocycles. The number of rotatable bonds is 5. The number of aliphatic imine (C=N–C) groups is 1. The minimum Gasteiger partial charge on any atom is -0.356 e. The summed E-state index contributed by atoms with van der Waals surface area (Å²) in [5.41, 5.74) is 1.15. The minimum absolute atomic E-state index is 0.267. The van der Waals surface area contributed by atoms with E-state index in [-0.39, 0.29) is 6.04 Å². The van der Waals surface area contributed by atoms with Crippen LogP contribution in [0.2, 0.25) is 0 Å². The fourth-order valence-corrected chi connectivity index (χ4v) is 3.78. The molecule has 0 saturated heterocycles. The van der Waals surface area contributed by atoms with Crippen LogP contribution in [0.1, 0.15) is 33.4 Å². The lowest BCUT2D eigenvalue weighted by Crippen LogP contribution is -2.39. The second-order valence-electron chi connectivity index (χ2n) is 4.87. The molecule has 114 valence electrons. The minimum atomic E-state index is 0.267. The molecule has 0 saturated carbocycles. The van der Waals surface area contributed by atoms with Crippen molar-refractivity contribution in [2.24, 2.45) is 4.99 Å². The Labute approximate surface area is 134 Å². The molecule has 6 heteroatoms. The normalized spacial score (nSPS) is 13.2. The van der Waals surface area contributed by atoms with E-state index in [4.69, 9.17) is 0 Å². The van der Waals surface area contributed by atoms with Gasteiger partial charge in [-0.15, -0.1) is 22.7 Å². The van der Waals surface area contributed by atoms with Gasteiger partial charge in [0.1, 0.15) is 0 Å². The van der Waals surface area contributed by atoms with Crippen LogP contribution in [0, 0.1) is 13.8 Å². The number of guanidine groups is 1. The molecule has 2 rings (SSSR count). The van der Waals surface area contributed by atoms with Gasteiger partial charge in [-0.05, 0) is 32.2 Å². The molecular formula is C15H22N4S2. The van der Waals surface area contributed by atoms with E-state index in [9.17, 15) is 0 Å². The average Bonchev–Trinajstić information content (AvgIpc) is 3.08. The van der Waals surface area contributed by atoms with E-state index in [0.717, 1.165) is 29.6 Å². The van der Waals surface area contributed by atoms with Crippen LogP contribution >= 0.6 is 22.7 Å². The van der Waals surface area contributed by atoms with Gasteiger partial charge < -0.3 is 10.6 Å². The highest BCUT2D eigenvalue weighted by molar-refractivity contribution is 7.11. The zero-order valence-corrected chi connectivity index (χ0v) is 14.6. The average molecular weight is 323 g/mol. The Morgan fingerprint density at radius 2 is 2.24 bits per heavy atom. The molecule has 1 unspecified atom stereocenters. The highest BCUT2D eigenvalue weighted by Crippen LogP contribution is 2.18. The second kappa shape index (κ2) is 7.56. The lowest BCUT2D eigenvalue weighted by Gasteiger charge is -2.16. The summed E-state index contributed by atoms with van der Waals surface area (Å²) in [5, 5.41) is 10.0. The molecule has 4 nitrogen and oxygen atoms in total. The maximum atomic E-state index is 4.46. The molecule has 0 amide bonds. The van der Waals surface area contributed by atoms with Crippen molar-refractivity contribution in [2.45, 2.75) is 33.2 Å². The van der Waals surface area contributed by atoms with E-state index >= 15 is 0 Å². The van der Waals surface area contributed by atoms with Gasteiger partial charge in [-0.3, -0.25) is 4.99 Å². The number of nitrogens with one attached hydrogen (secondary N) is 2. The van der Waals surface area contributed by atoms with Gasteiger partial charge in [-0.2, -0.15) is 0 Å². The maximum Gasteiger partial charge on any atom is 0.191 e. The van der Waals surface area contributed by atoms with Gasteiger partial charge in [0.15, 0.2) is 5.96 Å². The number of aryl methyl sites for hydroxylation is 2. The summed E-state index contributed by atoms with van der Waals surface area (Å²) in [7, 11) is 1.80. The standard InChI is InChI=1S/C15H22N4S2/c1-10(13-6-5-9-20-13)19-15(16-4)17-8-7-14-11(2)18-12(3)21-14/h5-6,9-10H,7-8H2,1-4H3,(H2,16,17,19). The Morgan fingerprint density at radius 3 is 2.81 bits per heavy atom. The molecule has 2 N–H and O–H groups in total. The van der Waals surface area contributed by atoms with E-state index in [1.165, 1.54) is 9.75 Å². The smallest absolute Gasteiger partial charge is 0.191 e. The summed E-state index contributed by atoms with van der Waals surface area (Å²) >= 11 is 3.53. The van der Waals surface area contributed by atoms with E-state index in [1.807, 2.05) is 0 Å². The highest BCUT2D eigenvalue weighted by Gasteiger charge is 2.09. The van der Waals surface area contributed by atoms with Crippen LogP contribution < -0.4 is 10.6 Å². The molecule has 0 fully saturated rings. The zero-order valence-electron chi connectivity index (χ0n) is 12.9. The first-order chi connectivity index (χ1) is 10.1. The first-order valence-electron chi connectivity index (χ1n) is 7.03. The topological polar surface area (TPSA) is 49.3 Å². The molecule has 1 atom stereocenters. The molecule has 0 aliphatic rings. The van der Waals surface area contributed by atoms with Gasteiger partial charge in [-0.1, -0.05) is 6.07 Å². The molecule has 2 heterocycles. The van der Waals surface area contributed by atoms with Gasteiger partial charge in [0.25, 0.3) is 0 Å². The first-order valence-corrected chi connectivity index (χ1v) is 8.73. The fourth-order valence-electron chi connectivity index (χ4n) is 2.11. The second-order valence-corrected chi connectivity index (χ2v) is 7.14. The van der Waals surface area contributed by atoms with Gasteiger partial charge in [0, 0.05) is 29.8 Å². The molecule has 21 heavy (non-hydrogen) atoms. The lowest BCUT2D eigenvalue weighted by atomic mass is 10.3. The summed E-state index contributed by atoms with van der Waals surface area (Å²) in [4.78, 5) is 11.4.